The minimum atomic E-state index is -1.69. The van der Waals surface area contributed by atoms with Gasteiger partial charge in [-0.05, 0) is 54.4 Å². The van der Waals surface area contributed by atoms with Gasteiger partial charge in [0.15, 0.2) is 27.4 Å². The maximum absolute atomic E-state index is 13.7. The molecular weight excluding hydrogens is 432 g/mol. The van der Waals surface area contributed by atoms with E-state index in [2.05, 4.69) is 77.6 Å². The predicted octanol–water partition coefficient (Wildman–Crippen LogP) is 6.73. The lowest BCUT2D eigenvalue weighted by Gasteiger charge is -2.41. The minimum Gasteiger partial charge on any atom is -0.624 e. The third kappa shape index (κ3) is 5.67. The van der Waals surface area contributed by atoms with Crippen LogP contribution >= 0.6 is 0 Å². The van der Waals surface area contributed by atoms with Gasteiger partial charge in [0.1, 0.15) is 5.69 Å². The second-order valence-corrected chi connectivity index (χ2v) is 23.3. The molecule has 1 aliphatic carbocycles. The van der Waals surface area contributed by atoms with Gasteiger partial charge >= 0.3 is 0 Å². The lowest BCUT2D eigenvalue weighted by Crippen LogP contribution is -2.46. The fourth-order valence-electron chi connectivity index (χ4n) is 4.48. The monoisotopic (exact) mass is 478 g/mol. The quantitative estimate of drug-likeness (QED) is 0.171. The highest BCUT2D eigenvalue weighted by Crippen LogP contribution is 2.51. The number of anilines is 1. The molecule has 32 heavy (non-hydrogen) atoms. The van der Waals surface area contributed by atoms with Crippen LogP contribution in [0.5, 0.6) is 0 Å². The minimum absolute atomic E-state index is 0.207. The van der Waals surface area contributed by atoms with Crippen LogP contribution in [0.15, 0.2) is 18.2 Å². The number of ether oxygens (including phenoxy) is 1. The van der Waals surface area contributed by atoms with E-state index in [1.165, 1.54) is 5.56 Å². The zero-order valence-electron chi connectivity index (χ0n) is 22.0. The summed E-state index contributed by atoms with van der Waals surface area (Å²) in [5.41, 5.74) is 3.36. The molecule has 0 N–H and O–H groups in total. The van der Waals surface area contributed by atoms with Crippen molar-refractivity contribution in [1.82, 2.24) is 4.65 Å². The van der Waals surface area contributed by atoms with Crippen LogP contribution in [0, 0.1) is 11.1 Å². The number of hydrogen-bond donors (Lipinski definition) is 0. The highest BCUT2D eigenvalue weighted by molar-refractivity contribution is 6.76. The Bertz CT molecular complexity index is 797. The molecule has 0 aromatic heterocycles. The zero-order valence-corrected chi connectivity index (χ0v) is 24.0. The summed E-state index contributed by atoms with van der Waals surface area (Å²) in [5, 5.41) is 13.9. The molecule has 1 aromatic rings. The summed E-state index contributed by atoms with van der Waals surface area (Å²) in [4.78, 5) is 2.15. The van der Waals surface area contributed by atoms with E-state index in [-0.39, 0.29) is 11.8 Å². The van der Waals surface area contributed by atoms with Crippen LogP contribution in [-0.2, 0) is 9.16 Å². The lowest BCUT2D eigenvalue weighted by atomic mass is 9.71. The molecule has 2 aliphatic rings. The summed E-state index contributed by atoms with van der Waals surface area (Å²) in [6, 6.07) is 7.40. The van der Waals surface area contributed by atoms with E-state index in [1.807, 2.05) is 6.07 Å². The zero-order chi connectivity index (χ0) is 23.9. The lowest BCUT2D eigenvalue weighted by molar-refractivity contribution is 0.0694. The van der Waals surface area contributed by atoms with Gasteiger partial charge in [-0.2, -0.15) is 0 Å². The Labute approximate surface area is 198 Å². The molecule has 0 spiro atoms. The number of benzene rings is 1. The Morgan fingerprint density at radius 1 is 1.12 bits per heavy atom. The van der Waals surface area contributed by atoms with E-state index >= 15 is 0 Å². The van der Waals surface area contributed by atoms with Crippen molar-refractivity contribution in [2.75, 3.05) is 38.6 Å². The third-order valence-electron chi connectivity index (χ3n) is 7.77. The summed E-state index contributed by atoms with van der Waals surface area (Å²) in [7, 11) is -0.788. The SMILES string of the molecule is CN1C[N+]([O-])(COCC[Si](C)(C)C)c2cccc(C3CC(CO[Si](C)(C)C(C)(C)C)C3)c21. The second kappa shape index (κ2) is 9.15. The predicted molar refractivity (Wildman–Crippen MR) is 142 cm³/mol. The smallest absolute Gasteiger partial charge is 0.191 e. The highest BCUT2D eigenvalue weighted by atomic mass is 28.4. The normalized spacial score (nSPS) is 26.2. The maximum Gasteiger partial charge on any atom is 0.191 e. The number of rotatable bonds is 9. The Morgan fingerprint density at radius 3 is 2.38 bits per heavy atom. The first kappa shape index (κ1) is 25.9. The molecular formula is C25H46N2O3Si2. The Hall–Kier alpha value is -0.706. The van der Waals surface area contributed by atoms with Crippen molar-refractivity contribution in [2.24, 2.45) is 5.92 Å². The van der Waals surface area contributed by atoms with Gasteiger partial charge in [0, 0.05) is 27.8 Å². The van der Waals surface area contributed by atoms with Gasteiger partial charge in [0.25, 0.3) is 0 Å². The van der Waals surface area contributed by atoms with Crippen molar-refractivity contribution in [3.63, 3.8) is 0 Å². The number of quaternary nitrogens is 1. The molecule has 0 bridgehead atoms. The summed E-state index contributed by atoms with van der Waals surface area (Å²) in [6.07, 6.45) is 2.31. The number of fused-ring (bicyclic) bond motifs is 1. The molecule has 7 heteroatoms. The van der Waals surface area contributed by atoms with Crippen molar-refractivity contribution in [2.45, 2.75) is 83.3 Å². The largest absolute Gasteiger partial charge is 0.624 e. The van der Waals surface area contributed by atoms with Gasteiger partial charge in [-0.1, -0.05) is 52.5 Å². The van der Waals surface area contributed by atoms with Crippen LogP contribution in [0.2, 0.25) is 43.8 Å². The molecule has 1 atom stereocenters. The molecule has 0 radical (unpaired) electrons. The average Bonchev–Trinajstić information content (AvgIpc) is 2.87. The molecule has 5 nitrogen and oxygen atoms in total. The van der Waals surface area contributed by atoms with Crippen molar-refractivity contribution in [3.8, 4) is 0 Å². The van der Waals surface area contributed by atoms with E-state index in [9.17, 15) is 5.21 Å². The number of nitrogens with zero attached hydrogens (tertiary/aromatic N) is 2. The Kier molecular flexibility index (Phi) is 7.41. The number of hydroxylamine groups is 2. The van der Waals surface area contributed by atoms with Crippen molar-refractivity contribution >= 4 is 27.8 Å². The Balaban J connectivity index is 1.62. The first-order valence-electron chi connectivity index (χ1n) is 12.3. The van der Waals surface area contributed by atoms with Crippen LogP contribution in [-0.4, -0.2) is 50.1 Å². The van der Waals surface area contributed by atoms with Crippen LogP contribution in [0.4, 0.5) is 11.4 Å². The Morgan fingerprint density at radius 2 is 1.78 bits per heavy atom. The molecule has 182 valence electrons. The molecule has 1 saturated carbocycles. The van der Waals surface area contributed by atoms with Gasteiger partial charge in [-0.15, -0.1) is 0 Å². The van der Waals surface area contributed by atoms with Crippen molar-refractivity contribution in [3.05, 3.63) is 29.0 Å². The fourth-order valence-corrected chi connectivity index (χ4v) is 6.32. The molecule has 1 fully saturated rings. The van der Waals surface area contributed by atoms with Crippen LogP contribution in [0.3, 0.4) is 0 Å². The van der Waals surface area contributed by atoms with Gasteiger partial charge in [0.2, 0.25) is 0 Å². The third-order valence-corrected chi connectivity index (χ3v) is 14.0. The number of hydrogen-bond acceptors (Lipinski definition) is 4. The number of para-hydroxylation sites is 1. The standard InChI is InChI=1S/C25H46N2O3Si2/c1-25(2,3)32(8,9)30-17-20-15-21(16-20)22-11-10-12-23-24(22)26(4)18-27(23,28)19-29-13-14-31(5,6)7/h10-12,20-21H,13-19H2,1-9H3. The van der Waals surface area contributed by atoms with E-state index in [0.717, 1.165) is 36.9 Å². The molecule has 1 heterocycles. The van der Waals surface area contributed by atoms with Crippen molar-refractivity contribution in [1.29, 1.82) is 0 Å². The van der Waals surface area contributed by atoms with E-state index in [0.29, 0.717) is 25.1 Å². The van der Waals surface area contributed by atoms with Crippen LogP contribution in [0.1, 0.15) is 45.1 Å². The van der Waals surface area contributed by atoms with Gasteiger partial charge < -0.3 is 19.3 Å². The summed E-state index contributed by atoms with van der Waals surface area (Å²) >= 11 is 0. The first-order valence-corrected chi connectivity index (χ1v) is 18.9. The van der Waals surface area contributed by atoms with Crippen LogP contribution in [0.25, 0.3) is 0 Å². The van der Waals surface area contributed by atoms with Gasteiger partial charge in [-0.25, -0.2) is 0 Å². The molecule has 1 aromatic carbocycles. The van der Waals surface area contributed by atoms with Crippen molar-refractivity contribution < 1.29 is 9.16 Å². The van der Waals surface area contributed by atoms with Crippen LogP contribution < -0.4 is 9.55 Å². The fraction of sp³-hybridized carbons (Fsp3) is 0.760. The van der Waals surface area contributed by atoms with E-state index in [1.54, 1.807) is 0 Å². The molecule has 3 rings (SSSR count). The van der Waals surface area contributed by atoms with Gasteiger partial charge in [-0.3, -0.25) is 4.65 Å². The highest BCUT2D eigenvalue weighted by Gasteiger charge is 2.42. The molecule has 1 aliphatic heterocycles. The van der Waals surface area contributed by atoms with Gasteiger partial charge in [0.05, 0.1) is 6.61 Å². The second-order valence-electron chi connectivity index (χ2n) is 12.9. The van der Waals surface area contributed by atoms with E-state index in [4.69, 9.17) is 9.16 Å². The first-order chi connectivity index (χ1) is 14.6. The molecule has 1 unspecified atom stereocenters. The van der Waals surface area contributed by atoms with E-state index < -0.39 is 21.0 Å². The maximum atomic E-state index is 13.7. The topological polar surface area (TPSA) is 44.8 Å². The summed E-state index contributed by atoms with van der Waals surface area (Å²) in [5.74, 6) is 1.16. The average molecular weight is 479 g/mol. The summed E-state index contributed by atoms with van der Waals surface area (Å²) < 4.78 is 12.0. The molecule has 0 saturated heterocycles. The summed E-state index contributed by atoms with van der Waals surface area (Å²) in [6.45, 7) is 20.8. The molecule has 0 amide bonds.